The fourth-order valence-electron chi connectivity index (χ4n) is 2.95. The Morgan fingerprint density at radius 1 is 1.33 bits per heavy atom. The van der Waals surface area contributed by atoms with E-state index < -0.39 is 6.04 Å². The second-order valence-corrected chi connectivity index (χ2v) is 6.66. The highest BCUT2D eigenvalue weighted by atomic mass is 79.9. The maximum Gasteiger partial charge on any atom is 0.250 e. The van der Waals surface area contributed by atoms with Gasteiger partial charge in [0.15, 0.2) is 0 Å². The van der Waals surface area contributed by atoms with Crippen molar-refractivity contribution < 1.29 is 9.59 Å². The monoisotopic (exact) mass is 350 g/mol. The number of carbonyl (C=O) groups excluding carboxylic acids is 2. The number of aryl methyl sites for hydroxylation is 1. The third-order valence-corrected chi connectivity index (χ3v) is 5.36. The average Bonchev–Trinajstić information content (AvgIpc) is 3.28. The van der Waals surface area contributed by atoms with Crippen LogP contribution in [0.25, 0.3) is 0 Å². The van der Waals surface area contributed by atoms with E-state index in [9.17, 15) is 9.59 Å². The minimum absolute atomic E-state index is 0.0234. The molecule has 1 aliphatic carbocycles. The van der Waals surface area contributed by atoms with Crippen LogP contribution < -0.4 is 10.2 Å². The summed E-state index contributed by atoms with van der Waals surface area (Å²) < 4.78 is 0.890. The van der Waals surface area contributed by atoms with Crippen molar-refractivity contribution in [3.05, 3.63) is 28.2 Å². The van der Waals surface area contributed by atoms with E-state index in [4.69, 9.17) is 0 Å². The van der Waals surface area contributed by atoms with Crippen LogP contribution in [0, 0.1) is 12.8 Å². The zero-order valence-corrected chi connectivity index (χ0v) is 13.8. The second-order valence-electron chi connectivity index (χ2n) is 5.86. The van der Waals surface area contributed by atoms with Crippen LogP contribution in [0.3, 0.4) is 0 Å². The smallest absolute Gasteiger partial charge is 0.250 e. The molecule has 0 bridgehead atoms. The lowest BCUT2D eigenvalue weighted by atomic mass is 10.0. The van der Waals surface area contributed by atoms with E-state index in [1.165, 1.54) is 0 Å². The van der Waals surface area contributed by atoms with Crippen LogP contribution in [-0.2, 0) is 9.59 Å². The normalized spacial score (nSPS) is 26.0. The van der Waals surface area contributed by atoms with Crippen molar-refractivity contribution in [2.75, 3.05) is 4.90 Å². The first-order chi connectivity index (χ1) is 10.0. The summed E-state index contributed by atoms with van der Waals surface area (Å²) in [5.41, 5.74) is 1.86. The van der Waals surface area contributed by atoms with Crippen LogP contribution in [0.2, 0.25) is 0 Å². The summed E-state index contributed by atoms with van der Waals surface area (Å²) in [6, 6.07) is 5.04. The Kier molecular flexibility index (Phi) is 3.78. The number of nitrogens with one attached hydrogen (secondary N) is 1. The molecule has 1 aromatic rings. The Labute approximate surface area is 133 Å². The molecule has 0 spiro atoms. The van der Waals surface area contributed by atoms with Crippen molar-refractivity contribution in [1.29, 1.82) is 0 Å². The summed E-state index contributed by atoms with van der Waals surface area (Å²) in [5, 5.41) is 2.92. The molecule has 4 nitrogen and oxygen atoms in total. The minimum atomic E-state index is -0.425. The van der Waals surface area contributed by atoms with Gasteiger partial charge in [-0.3, -0.25) is 14.5 Å². The van der Waals surface area contributed by atoms with Crippen molar-refractivity contribution in [3.63, 3.8) is 0 Å². The predicted octanol–water partition coefficient (Wildman–Crippen LogP) is 2.78. The van der Waals surface area contributed by atoms with Gasteiger partial charge < -0.3 is 5.32 Å². The molecule has 2 fully saturated rings. The molecule has 2 aliphatic rings. The molecule has 2 unspecified atom stereocenters. The summed E-state index contributed by atoms with van der Waals surface area (Å²) >= 11 is 3.57. The summed E-state index contributed by atoms with van der Waals surface area (Å²) in [6.45, 7) is 3.92. The summed E-state index contributed by atoms with van der Waals surface area (Å²) in [4.78, 5) is 26.9. The molecule has 1 saturated carbocycles. The summed E-state index contributed by atoms with van der Waals surface area (Å²) in [7, 11) is 0. The van der Waals surface area contributed by atoms with Crippen LogP contribution >= 0.6 is 15.9 Å². The van der Waals surface area contributed by atoms with E-state index in [2.05, 4.69) is 21.2 Å². The number of piperazine rings is 1. The van der Waals surface area contributed by atoms with Gasteiger partial charge >= 0.3 is 0 Å². The van der Waals surface area contributed by atoms with Gasteiger partial charge in [-0.2, -0.15) is 0 Å². The molecule has 3 rings (SSSR count). The molecule has 1 aromatic carbocycles. The highest BCUT2D eigenvalue weighted by Crippen LogP contribution is 2.38. The van der Waals surface area contributed by atoms with Crippen LogP contribution in [0.5, 0.6) is 0 Å². The van der Waals surface area contributed by atoms with Gasteiger partial charge in [-0.25, -0.2) is 0 Å². The zero-order chi connectivity index (χ0) is 15.1. The Morgan fingerprint density at radius 3 is 2.67 bits per heavy atom. The summed E-state index contributed by atoms with van der Waals surface area (Å²) in [6.07, 6.45) is 2.65. The van der Waals surface area contributed by atoms with Crippen LogP contribution in [0.4, 0.5) is 5.69 Å². The highest BCUT2D eigenvalue weighted by molar-refractivity contribution is 9.10. The van der Waals surface area contributed by atoms with E-state index in [0.29, 0.717) is 12.3 Å². The Morgan fingerprint density at radius 2 is 2.05 bits per heavy atom. The van der Waals surface area contributed by atoms with E-state index >= 15 is 0 Å². The Hall–Kier alpha value is -1.36. The fraction of sp³-hybridized carbons (Fsp3) is 0.500. The van der Waals surface area contributed by atoms with Gasteiger partial charge in [0, 0.05) is 4.47 Å². The van der Waals surface area contributed by atoms with Crippen molar-refractivity contribution in [1.82, 2.24) is 5.32 Å². The van der Waals surface area contributed by atoms with Crippen molar-refractivity contribution in [3.8, 4) is 0 Å². The molecule has 1 heterocycles. The number of nitrogens with zero attached hydrogens (tertiary/aromatic N) is 1. The first-order valence-corrected chi connectivity index (χ1v) is 8.22. The Balaban J connectivity index is 2.04. The molecule has 2 atom stereocenters. The van der Waals surface area contributed by atoms with Crippen molar-refractivity contribution in [2.24, 2.45) is 5.92 Å². The third kappa shape index (κ3) is 2.48. The number of hydrogen-bond acceptors (Lipinski definition) is 2. The quantitative estimate of drug-likeness (QED) is 0.911. The number of halogens is 1. The van der Waals surface area contributed by atoms with Crippen molar-refractivity contribution in [2.45, 2.75) is 45.2 Å². The first kappa shape index (κ1) is 14.6. The van der Waals surface area contributed by atoms with E-state index in [0.717, 1.165) is 28.6 Å². The van der Waals surface area contributed by atoms with Gasteiger partial charge in [0.25, 0.3) is 5.91 Å². The maximum absolute atomic E-state index is 12.9. The molecular formula is C16H19BrN2O2. The fourth-order valence-corrected chi connectivity index (χ4v) is 3.41. The third-order valence-electron chi connectivity index (χ3n) is 4.33. The van der Waals surface area contributed by atoms with Crippen LogP contribution in [0.1, 0.15) is 31.7 Å². The lowest BCUT2D eigenvalue weighted by Crippen LogP contribution is -2.64. The molecular weight excluding hydrogens is 332 g/mol. The van der Waals surface area contributed by atoms with Gasteiger partial charge in [-0.1, -0.05) is 19.1 Å². The molecule has 0 aromatic heterocycles. The van der Waals surface area contributed by atoms with Gasteiger partial charge in [0.1, 0.15) is 12.1 Å². The van der Waals surface area contributed by atoms with Gasteiger partial charge in [0.05, 0.1) is 5.69 Å². The number of carbonyl (C=O) groups is 2. The molecule has 5 heteroatoms. The number of rotatable bonds is 3. The first-order valence-electron chi connectivity index (χ1n) is 7.43. The molecule has 0 radical (unpaired) electrons. The molecule has 1 saturated heterocycles. The minimum Gasteiger partial charge on any atom is -0.342 e. The van der Waals surface area contributed by atoms with Gasteiger partial charge in [-0.15, -0.1) is 0 Å². The lowest BCUT2D eigenvalue weighted by Gasteiger charge is -2.39. The topological polar surface area (TPSA) is 49.4 Å². The SMILES string of the molecule is CCC1C(=O)NC(C2CC2)C(=O)N1c1cccc(C)c1Br. The molecule has 1 aliphatic heterocycles. The summed E-state index contributed by atoms with van der Waals surface area (Å²) in [5.74, 6) is 0.294. The van der Waals surface area contributed by atoms with Crippen LogP contribution in [-0.4, -0.2) is 23.9 Å². The van der Waals surface area contributed by atoms with E-state index in [1.54, 1.807) is 4.90 Å². The molecule has 2 amide bonds. The predicted molar refractivity (Wildman–Crippen MR) is 85.1 cm³/mol. The number of anilines is 1. The van der Waals surface area contributed by atoms with E-state index in [-0.39, 0.29) is 17.9 Å². The Bertz CT molecular complexity index is 598. The van der Waals surface area contributed by atoms with Gasteiger partial charge in [-0.05, 0) is 59.7 Å². The average molecular weight is 351 g/mol. The largest absolute Gasteiger partial charge is 0.342 e. The van der Waals surface area contributed by atoms with Crippen LogP contribution in [0.15, 0.2) is 22.7 Å². The molecule has 1 N–H and O–H groups in total. The van der Waals surface area contributed by atoms with E-state index in [1.807, 2.05) is 32.0 Å². The molecule has 21 heavy (non-hydrogen) atoms. The highest BCUT2D eigenvalue weighted by Gasteiger charge is 2.47. The lowest BCUT2D eigenvalue weighted by molar-refractivity contribution is -0.134. The number of hydrogen-bond donors (Lipinski definition) is 1. The second kappa shape index (κ2) is 5.44. The van der Waals surface area contributed by atoms with Crippen molar-refractivity contribution >= 4 is 33.4 Å². The standard InChI is InChI=1S/C16H19BrN2O2/c1-3-11-15(20)18-14(10-7-8-10)16(21)19(11)12-6-4-5-9(2)13(12)17/h4-6,10-11,14H,3,7-8H2,1-2H3,(H,18,20). The number of benzene rings is 1. The van der Waals surface area contributed by atoms with Gasteiger partial charge in [0.2, 0.25) is 5.91 Å². The zero-order valence-electron chi connectivity index (χ0n) is 12.2. The molecule has 112 valence electrons. The maximum atomic E-state index is 12.9. The number of amides is 2.